The summed E-state index contributed by atoms with van der Waals surface area (Å²) in [4.78, 5) is 24.2. The van der Waals surface area contributed by atoms with Crippen LogP contribution in [0.2, 0.25) is 0 Å². The van der Waals surface area contributed by atoms with Crippen LogP contribution in [-0.2, 0) is 25.1 Å². The van der Waals surface area contributed by atoms with Crippen LogP contribution in [-0.4, -0.2) is 41.0 Å². The second-order valence-corrected chi connectivity index (χ2v) is 6.75. The minimum Gasteiger partial charge on any atom is -0.381 e. The van der Waals surface area contributed by atoms with Gasteiger partial charge in [-0.3, -0.25) is 13.8 Å². The van der Waals surface area contributed by atoms with E-state index in [2.05, 4.69) is 5.32 Å². The van der Waals surface area contributed by atoms with E-state index < -0.39 is 22.7 Å². The molecule has 3 atom stereocenters. The minimum absolute atomic E-state index is 0.230. The molecule has 1 aromatic rings. The SMILES string of the molecule is NC(=O)[C@H](CC[S@](=O)c1ccccc1)NC(=O)[C@H]1CCOC1. The minimum atomic E-state index is -1.22. The fourth-order valence-corrected chi connectivity index (χ4v) is 3.38. The molecular formula is C15H20N2O4S. The van der Waals surface area contributed by atoms with Crippen LogP contribution in [0.1, 0.15) is 12.8 Å². The van der Waals surface area contributed by atoms with Gasteiger partial charge in [0, 0.05) is 17.3 Å². The molecule has 0 radical (unpaired) electrons. The van der Waals surface area contributed by atoms with Crippen molar-refractivity contribution in [1.82, 2.24) is 5.32 Å². The van der Waals surface area contributed by atoms with E-state index in [1.165, 1.54) is 0 Å². The molecule has 6 nitrogen and oxygen atoms in total. The molecule has 1 aliphatic rings. The molecule has 1 saturated heterocycles. The van der Waals surface area contributed by atoms with E-state index >= 15 is 0 Å². The predicted molar refractivity (Wildman–Crippen MR) is 82.4 cm³/mol. The third-order valence-corrected chi connectivity index (χ3v) is 4.96. The Hall–Kier alpha value is -1.73. The van der Waals surface area contributed by atoms with Crippen molar-refractivity contribution >= 4 is 22.6 Å². The summed E-state index contributed by atoms with van der Waals surface area (Å²) in [5, 5.41) is 2.64. The summed E-state index contributed by atoms with van der Waals surface area (Å²) in [6, 6.07) is 8.19. The number of amides is 2. The Morgan fingerprint density at radius 1 is 1.36 bits per heavy atom. The summed E-state index contributed by atoms with van der Waals surface area (Å²) in [6.45, 7) is 0.921. The van der Waals surface area contributed by atoms with E-state index in [1.54, 1.807) is 24.3 Å². The molecule has 1 aliphatic heterocycles. The predicted octanol–water partition coefficient (Wildman–Crippen LogP) is 0.191. The van der Waals surface area contributed by atoms with Gasteiger partial charge in [-0.25, -0.2) is 0 Å². The van der Waals surface area contributed by atoms with Gasteiger partial charge in [-0.2, -0.15) is 0 Å². The van der Waals surface area contributed by atoms with Gasteiger partial charge in [0.15, 0.2) is 0 Å². The van der Waals surface area contributed by atoms with Crippen LogP contribution in [0, 0.1) is 5.92 Å². The van der Waals surface area contributed by atoms with Gasteiger partial charge in [0.25, 0.3) is 0 Å². The first kappa shape index (κ1) is 16.6. The smallest absolute Gasteiger partial charge is 0.240 e. The van der Waals surface area contributed by atoms with E-state index in [-0.39, 0.29) is 24.0 Å². The highest BCUT2D eigenvalue weighted by Crippen LogP contribution is 2.13. The van der Waals surface area contributed by atoms with Gasteiger partial charge in [0.05, 0.1) is 23.3 Å². The van der Waals surface area contributed by atoms with Gasteiger partial charge in [0.2, 0.25) is 11.8 Å². The maximum Gasteiger partial charge on any atom is 0.240 e. The molecule has 0 aliphatic carbocycles. The first-order chi connectivity index (χ1) is 10.6. The average molecular weight is 324 g/mol. The Kier molecular flexibility index (Phi) is 6.09. The molecule has 2 amide bonds. The van der Waals surface area contributed by atoms with Crippen molar-refractivity contribution in [3.63, 3.8) is 0 Å². The number of carbonyl (C=O) groups is 2. The van der Waals surface area contributed by atoms with Crippen molar-refractivity contribution in [1.29, 1.82) is 0 Å². The highest BCUT2D eigenvalue weighted by Gasteiger charge is 2.27. The first-order valence-electron chi connectivity index (χ1n) is 7.19. The van der Waals surface area contributed by atoms with Gasteiger partial charge in [-0.05, 0) is 25.0 Å². The fourth-order valence-electron chi connectivity index (χ4n) is 2.23. The number of nitrogens with two attached hydrogens (primary N) is 1. The number of rotatable bonds is 7. The van der Waals surface area contributed by atoms with Crippen molar-refractivity contribution in [2.45, 2.75) is 23.8 Å². The maximum atomic E-state index is 12.1. The summed E-state index contributed by atoms with van der Waals surface area (Å²) in [7, 11) is -1.22. The van der Waals surface area contributed by atoms with Crippen LogP contribution in [0.25, 0.3) is 0 Å². The third kappa shape index (κ3) is 4.64. The van der Waals surface area contributed by atoms with Crippen molar-refractivity contribution in [3.8, 4) is 0 Å². The lowest BCUT2D eigenvalue weighted by molar-refractivity contribution is -0.129. The number of carbonyl (C=O) groups excluding carboxylic acids is 2. The van der Waals surface area contributed by atoms with Crippen molar-refractivity contribution < 1.29 is 18.5 Å². The monoisotopic (exact) mass is 324 g/mol. The van der Waals surface area contributed by atoms with Crippen LogP contribution in [0.4, 0.5) is 0 Å². The largest absolute Gasteiger partial charge is 0.381 e. The van der Waals surface area contributed by atoms with E-state index in [0.717, 1.165) is 0 Å². The van der Waals surface area contributed by atoms with Gasteiger partial charge >= 0.3 is 0 Å². The zero-order chi connectivity index (χ0) is 15.9. The summed E-state index contributed by atoms with van der Waals surface area (Å²) < 4.78 is 17.3. The molecule has 0 unspecified atom stereocenters. The standard InChI is InChI=1S/C15H20N2O4S/c16-14(18)13(17-15(19)11-6-8-21-10-11)7-9-22(20)12-4-2-1-3-5-12/h1-5,11,13H,6-10H2,(H2,16,18)(H,17,19)/t11-,13-,22-/m0/s1. The van der Waals surface area contributed by atoms with E-state index in [9.17, 15) is 13.8 Å². The average Bonchev–Trinajstić information content (AvgIpc) is 3.06. The Morgan fingerprint density at radius 2 is 2.09 bits per heavy atom. The lowest BCUT2D eigenvalue weighted by atomic mass is 10.1. The van der Waals surface area contributed by atoms with Crippen molar-refractivity contribution in [3.05, 3.63) is 30.3 Å². The van der Waals surface area contributed by atoms with Crippen molar-refractivity contribution in [2.24, 2.45) is 11.7 Å². The maximum absolute atomic E-state index is 12.1. The van der Waals surface area contributed by atoms with Gasteiger partial charge in [0.1, 0.15) is 6.04 Å². The second-order valence-electron chi connectivity index (χ2n) is 5.18. The normalized spacial score (nSPS) is 20.3. The Labute approximate surface area is 131 Å². The summed E-state index contributed by atoms with van der Waals surface area (Å²) in [6.07, 6.45) is 0.892. The summed E-state index contributed by atoms with van der Waals surface area (Å²) in [5.74, 6) is -0.815. The zero-order valence-electron chi connectivity index (χ0n) is 12.2. The van der Waals surface area contributed by atoms with Gasteiger partial charge in [-0.15, -0.1) is 0 Å². The van der Waals surface area contributed by atoms with E-state index in [1.807, 2.05) is 6.07 Å². The molecule has 1 heterocycles. The fraction of sp³-hybridized carbons (Fsp3) is 0.467. The van der Waals surface area contributed by atoms with Crippen LogP contribution in [0.5, 0.6) is 0 Å². The first-order valence-corrected chi connectivity index (χ1v) is 8.50. The zero-order valence-corrected chi connectivity index (χ0v) is 13.0. The van der Waals surface area contributed by atoms with Crippen LogP contribution in [0.3, 0.4) is 0 Å². The highest BCUT2D eigenvalue weighted by atomic mass is 32.2. The molecule has 0 aromatic heterocycles. The molecule has 2 rings (SSSR count). The number of benzene rings is 1. The Bertz CT molecular complexity index is 544. The number of primary amides is 1. The molecule has 1 fully saturated rings. The Morgan fingerprint density at radius 3 is 2.68 bits per heavy atom. The summed E-state index contributed by atoms with van der Waals surface area (Å²) >= 11 is 0. The molecule has 22 heavy (non-hydrogen) atoms. The van der Waals surface area contributed by atoms with E-state index in [4.69, 9.17) is 10.5 Å². The van der Waals surface area contributed by atoms with Crippen LogP contribution >= 0.6 is 0 Å². The molecule has 0 bridgehead atoms. The van der Waals surface area contributed by atoms with Crippen LogP contribution in [0.15, 0.2) is 35.2 Å². The number of nitrogens with one attached hydrogen (secondary N) is 1. The Balaban J connectivity index is 1.87. The number of hydrogen-bond acceptors (Lipinski definition) is 4. The highest BCUT2D eigenvalue weighted by molar-refractivity contribution is 7.85. The molecular weight excluding hydrogens is 304 g/mol. The van der Waals surface area contributed by atoms with Crippen LogP contribution < -0.4 is 11.1 Å². The van der Waals surface area contributed by atoms with Crippen molar-refractivity contribution in [2.75, 3.05) is 19.0 Å². The number of hydrogen-bond donors (Lipinski definition) is 2. The topological polar surface area (TPSA) is 98.5 Å². The third-order valence-electron chi connectivity index (χ3n) is 3.56. The lowest BCUT2D eigenvalue weighted by Gasteiger charge is -2.17. The molecule has 120 valence electrons. The molecule has 1 aromatic carbocycles. The van der Waals surface area contributed by atoms with Gasteiger partial charge < -0.3 is 15.8 Å². The molecule has 0 saturated carbocycles. The molecule has 7 heteroatoms. The van der Waals surface area contributed by atoms with E-state index in [0.29, 0.717) is 24.5 Å². The molecule has 3 N–H and O–H groups in total. The quantitative estimate of drug-likeness (QED) is 0.748. The molecule has 0 spiro atoms. The number of ether oxygens (including phenoxy) is 1. The lowest BCUT2D eigenvalue weighted by Crippen LogP contribution is -2.47. The second kappa shape index (κ2) is 8.05. The van der Waals surface area contributed by atoms with Gasteiger partial charge in [-0.1, -0.05) is 18.2 Å². The summed E-state index contributed by atoms with van der Waals surface area (Å²) in [5.41, 5.74) is 5.32.